The molecular weight excluding hydrogens is 386 g/mol. The van der Waals surface area contributed by atoms with Gasteiger partial charge in [-0.05, 0) is 46.2 Å². The average molecular weight is 407 g/mol. The van der Waals surface area contributed by atoms with E-state index in [9.17, 15) is 9.59 Å². The summed E-state index contributed by atoms with van der Waals surface area (Å²) in [7, 11) is 1.58. The zero-order valence-corrected chi connectivity index (χ0v) is 16.7. The van der Waals surface area contributed by atoms with Crippen molar-refractivity contribution in [1.82, 2.24) is 16.2 Å². The lowest BCUT2D eigenvalue weighted by Gasteiger charge is -2.12. The number of nitrogens with one attached hydrogen (secondary N) is 3. The molecule has 7 heteroatoms. The van der Waals surface area contributed by atoms with Crippen LogP contribution in [0.3, 0.4) is 0 Å². The molecule has 0 aliphatic rings. The second-order valence-electron chi connectivity index (χ2n) is 6.39. The predicted molar refractivity (Wildman–Crippen MR) is 116 cm³/mol. The molecule has 0 aliphatic carbocycles. The monoisotopic (exact) mass is 407 g/mol. The number of amides is 2. The number of ether oxygens (including phenoxy) is 1. The van der Waals surface area contributed by atoms with E-state index in [0.29, 0.717) is 0 Å². The van der Waals surface area contributed by atoms with Crippen LogP contribution in [0.2, 0.25) is 0 Å². The van der Waals surface area contributed by atoms with E-state index in [0.717, 1.165) is 27.6 Å². The van der Waals surface area contributed by atoms with Crippen LogP contribution in [0, 0.1) is 0 Å². The van der Waals surface area contributed by atoms with Crippen molar-refractivity contribution in [3.8, 4) is 5.75 Å². The fraction of sp³-hybridized carbons (Fsp3) is 0.136. The average Bonchev–Trinajstić information content (AvgIpc) is 2.73. The lowest BCUT2D eigenvalue weighted by atomic mass is 10.0. The van der Waals surface area contributed by atoms with E-state index in [1.165, 1.54) is 0 Å². The van der Waals surface area contributed by atoms with Crippen molar-refractivity contribution in [3.05, 3.63) is 77.9 Å². The topological polar surface area (TPSA) is 79.5 Å². The molecule has 2 amide bonds. The highest BCUT2D eigenvalue weighted by atomic mass is 32.1. The Morgan fingerprint density at radius 2 is 1.59 bits per heavy atom. The first-order valence-electron chi connectivity index (χ1n) is 9.03. The summed E-state index contributed by atoms with van der Waals surface area (Å²) in [5.74, 6) is 0.187. The molecule has 0 atom stereocenters. The molecule has 6 nitrogen and oxygen atoms in total. The summed E-state index contributed by atoms with van der Waals surface area (Å²) < 4.78 is 5.09. The summed E-state index contributed by atoms with van der Waals surface area (Å²) in [6, 6.07) is 20.9. The highest BCUT2D eigenvalue weighted by Crippen LogP contribution is 2.18. The smallest absolute Gasteiger partial charge is 0.242 e. The van der Waals surface area contributed by atoms with Crippen LogP contribution in [0.25, 0.3) is 10.8 Å². The Morgan fingerprint density at radius 1 is 0.862 bits per heavy atom. The van der Waals surface area contributed by atoms with Gasteiger partial charge in [-0.3, -0.25) is 20.4 Å². The van der Waals surface area contributed by atoms with Crippen molar-refractivity contribution in [2.45, 2.75) is 12.8 Å². The molecule has 3 aromatic carbocycles. The van der Waals surface area contributed by atoms with Gasteiger partial charge in [0.1, 0.15) is 5.75 Å². The molecule has 0 spiro atoms. The molecule has 0 fully saturated rings. The van der Waals surface area contributed by atoms with Gasteiger partial charge in [0, 0.05) is 0 Å². The molecular formula is C22H21N3O3S. The van der Waals surface area contributed by atoms with Crippen LogP contribution in [0.5, 0.6) is 5.75 Å². The van der Waals surface area contributed by atoms with Crippen molar-refractivity contribution < 1.29 is 14.3 Å². The number of benzene rings is 3. The summed E-state index contributed by atoms with van der Waals surface area (Å²) >= 11 is 5.08. The summed E-state index contributed by atoms with van der Waals surface area (Å²) in [5, 5.41) is 4.72. The van der Waals surface area contributed by atoms with Crippen molar-refractivity contribution in [2.75, 3.05) is 7.11 Å². The molecule has 3 N–H and O–H groups in total. The number of methoxy groups -OCH3 is 1. The fourth-order valence-electron chi connectivity index (χ4n) is 2.92. The summed E-state index contributed by atoms with van der Waals surface area (Å²) in [5.41, 5.74) is 6.78. The van der Waals surface area contributed by atoms with Gasteiger partial charge >= 0.3 is 0 Å². The van der Waals surface area contributed by atoms with E-state index in [2.05, 4.69) is 16.2 Å². The Bertz CT molecular complexity index is 1030. The standard InChI is InChI=1S/C22H21N3O3S/c1-28-18-11-9-15(10-12-18)13-21(27)24-25-22(29)23-20(26)14-17-7-4-6-16-5-2-3-8-19(16)17/h2-12H,13-14H2,1H3,(H,24,27)(H2,23,25,26,29). The molecule has 3 rings (SSSR count). The SMILES string of the molecule is COc1ccc(CC(=O)NNC(=S)NC(=O)Cc2cccc3ccccc23)cc1. The largest absolute Gasteiger partial charge is 0.497 e. The van der Waals surface area contributed by atoms with E-state index in [1.54, 1.807) is 19.2 Å². The van der Waals surface area contributed by atoms with Gasteiger partial charge in [0.25, 0.3) is 0 Å². The lowest BCUT2D eigenvalue weighted by Crippen LogP contribution is -2.49. The number of hydrogen-bond acceptors (Lipinski definition) is 4. The summed E-state index contributed by atoms with van der Waals surface area (Å²) in [6.07, 6.45) is 0.354. The lowest BCUT2D eigenvalue weighted by molar-refractivity contribution is -0.121. The molecule has 0 aromatic heterocycles. The van der Waals surface area contributed by atoms with Gasteiger partial charge in [-0.1, -0.05) is 54.6 Å². The molecule has 29 heavy (non-hydrogen) atoms. The third-order valence-corrected chi connectivity index (χ3v) is 4.53. The van der Waals surface area contributed by atoms with Crippen LogP contribution in [0.15, 0.2) is 66.7 Å². The Labute approximate surface area is 174 Å². The zero-order chi connectivity index (χ0) is 20.6. The van der Waals surface area contributed by atoms with Crippen LogP contribution in [0.1, 0.15) is 11.1 Å². The maximum Gasteiger partial charge on any atom is 0.242 e. The normalized spacial score (nSPS) is 10.2. The maximum atomic E-state index is 12.3. The Hall–Kier alpha value is -3.45. The summed E-state index contributed by atoms with van der Waals surface area (Å²) in [6.45, 7) is 0. The minimum Gasteiger partial charge on any atom is -0.497 e. The van der Waals surface area contributed by atoms with E-state index in [-0.39, 0.29) is 29.8 Å². The van der Waals surface area contributed by atoms with Crippen LogP contribution >= 0.6 is 12.2 Å². The second kappa shape index (κ2) is 9.66. The van der Waals surface area contributed by atoms with Gasteiger partial charge in [-0.2, -0.15) is 0 Å². The first kappa shape index (κ1) is 20.3. The number of hydrazine groups is 1. The minimum atomic E-state index is -0.277. The van der Waals surface area contributed by atoms with Crippen LogP contribution in [0.4, 0.5) is 0 Å². The molecule has 0 unspecified atom stereocenters. The third-order valence-electron chi connectivity index (χ3n) is 4.32. The molecule has 0 saturated carbocycles. The van der Waals surface area contributed by atoms with Gasteiger partial charge in [-0.15, -0.1) is 0 Å². The van der Waals surface area contributed by atoms with E-state index in [1.807, 2.05) is 54.6 Å². The van der Waals surface area contributed by atoms with Crippen molar-refractivity contribution in [3.63, 3.8) is 0 Å². The quantitative estimate of drug-likeness (QED) is 0.448. The first-order valence-corrected chi connectivity index (χ1v) is 9.44. The van der Waals surface area contributed by atoms with Gasteiger partial charge < -0.3 is 10.1 Å². The number of carbonyl (C=O) groups is 2. The Balaban J connectivity index is 1.47. The molecule has 0 aliphatic heterocycles. The number of rotatable bonds is 5. The predicted octanol–water partition coefficient (Wildman–Crippen LogP) is 2.66. The number of fused-ring (bicyclic) bond motifs is 1. The Kier molecular flexibility index (Phi) is 6.76. The minimum absolute atomic E-state index is 0.0401. The van der Waals surface area contributed by atoms with Gasteiger partial charge in [0.2, 0.25) is 11.8 Å². The summed E-state index contributed by atoms with van der Waals surface area (Å²) in [4.78, 5) is 24.3. The molecule has 3 aromatic rings. The van der Waals surface area contributed by atoms with Crippen molar-refractivity contribution in [1.29, 1.82) is 0 Å². The van der Waals surface area contributed by atoms with Crippen LogP contribution in [-0.2, 0) is 22.4 Å². The first-order chi connectivity index (χ1) is 14.0. The highest BCUT2D eigenvalue weighted by molar-refractivity contribution is 7.80. The van der Waals surface area contributed by atoms with Gasteiger partial charge in [0.05, 0.1) is 20.0 Å². The van der Waals surface area contributed by atoms with Crippen LogP contribution in [-0.4, -0.2) is 24.0 Å². The third kappa shape index (κ3) is 5.76. The number of thiocarbonyl (C=S) groups is 1. The van der Waals surface area contributed by atoms with E-state index in [4.69, 9.17) is 17.0 Å². The number of carbonyl (C=O) groups excluding carboxylic acids is 2. The van der Waals surface area contributed by atoms with Gasteiger partial charge in [0.15, 0.2) is 5.11 Å². The highest BCUT2D eigenvalue weighted by Gasteiger charge is 2.10. The van der Waals surface area contributed by atoms with Crippen molar-refractivity contribution >= 4 is 39.9 Å². The molecule has 0 bridgehead atoms. The zero-order valence-electron chi connectivity index (χ0n) is 15.9. The molecule has 0 heterocycles. The van der Waals surface area contributed by atoms with Crippen molar-refractivity contribution in [2.24, 2.45) is 0 Å². The molecule has 0 radical (unpaired) electrons. The van der Waals surface area contributed by atoms with E-state index < -0.39 is 0 Å². The second-order valence-corrected chi connectivity index (χ2v) is 6.80. The molecule has 148 valence electrons. The fourth-order valence-corrected chi connectivity index (χ4v) is 3.09. The van der Waals surface area contributed by atoms with Gasteiger partial charge in [-0.25, -0.2) is 0 Å². The van der Waals surface area contributed by atoms with E-state index >= 15 is 0 Å². The maximum absolute atomic E-state index is 12.3. The van der Waals surface area contributed by atoms with Crippen LogP contribution < -0.4 is 20.9 Å². The molecule has 0 saturated heterocycles. The Morgan fingerprint density at radius 3 is 2.34 bits per heavy atom. The number of hydrogen-bond donors (Lipinski definition) is 3.